The van der Waals surface area contributed by atoms with E-state index < -0.39 is 0 Å². The van der Waals surface area contributed by atoms with Crippen molar-refractivity contribution >= 4 is 34.7 Å². The van der Waals surface area contributed by atoms with Crippen LogP contribution < -0.4 is 10.6 Å². The van der Waals surface area contributed by atoms with E-state index in [4.69, 9.17) is 11.6 Å². The van der Waals surface area contributed by atoms with Crippen LogP contribution in [0.2, 0.25) is 5.02 Å². The van der Waals surface area contributed by atoms with Gasteiger partial charge in [-0.15, -0.1) is 0 Å². The predicted octanol–water partition coefficient (Wildman–Crippen LogP) is 5.61. The first kappa shape index (κ1) is 17.1. The number of nitrogens with zero attached hydrogens (tertiary/aromatic N) is 2. The minimum Gasteiger partial charge on any atom is -0.308 e. The molecule has 4 rings (SSSR count). The van der Waals surface area contributed by atoms with Crippen LogP contribution in [0.3, 0.4) is 0 Å². The summed E-state index contributed by atoms with van der Waals surface area (Å²) in [7, 11) is 0. The molecule has 0 atom stereocenters. The molecule has 0 spiro atoms. The normalized spacial score (nSPS) is 10.7. The fourth-order valence-corrected chi connectivity index (χ4v) is 3.03. The Balaban J connectivity index is 1.54. The van der Waals surface area contributed by atoms with Gasteiger partial charge < -0.3 is 15.0 Å². The van der Waals surface area contributed by atoms with Gasteiger partial charge in [-0.25, -0.2) is 9.78 Å². The van der Waals surface area contributed by atoms with E-state index in [1.54, 1.807) is 12.1 Å². The van der Waals surface area contributed by atoms with E-state index in [9.17, 15) is 4.79 Å². The van der Waals surface area contributed by atoms with Gasteiger partial charge in [0.05, 0.1) is 5.69 Å². The number of urea groups is 1. The fourth-order valence-electron chi connectivity index (χ4n) is 2.86. The summed E-state index contributed by atoms with van der Waals surface area (Å²) in [5.41, 5.74) is 4.83. The molecule has 0 fully saturated rings. The third kappa shape index (κ3) is 3.64. The van der Waals surface area contributed by atoms with Crippen LogP contribution in [0.1, 0.15) is 5.56 Å². The number of aromatic nitrogens is 2. The van der Waals surface area contributed by atoms with E-state index in [1.807, 2.05) is 72.2 Å². The number of nitrogens with one attached hydrogen (secondary N) is 2. The van der Waals surface area contributed by atoms with Crippen LogP contribution in [0.15, 0.2) is 73.1 Å². The lowest BCUT2D eigenvalue weighted by Crippen LogP contribution is -2.20. The van der Waals surface area contributed by atoms with Gasteiger partial charge in [-0.2, -0.15) is 0 Å². The minimum atomic E-state index is -0.326. The number of hydrogen-bond donors (Lipinski definition) is 2. The highest BCUT2D eigenvalue weighted by Gasteiger charge is 2.09. The molecule has 5 nitrogen and oxygen atoms in total. The molecule has 134 valence electrons. The number of fused-ring (bicyclic) bond motifs is 1. The molecule has 0 unspecified atom stereocenters. The number of carbonyl (C=O) groups is 1. The smallest absolute Gasteiger partial charge is 0.308 e. The molecule has 2 amide bonds. The average Bonchev–Trinajstić information content (AvgIpc) is 3.10. The number of rotatable bonds is 3. The Kier molecular flexibility index (Phi) is 4.52. The van der Waals surface area contributed by atoms with Gasteiger partial charge in [0.2, 0.25) is 0 Å². The molecule has 2 N–H and O–H groups in total. The standard InChI is InChI=1S/C21H17ClN4O/c1-14-17(22)8-5-9-18(14)25-21(27)23-16-7-4-6-15(12-16)19-13-26-11-3-2-10-20(26)24-19/h2-13H,1H3,(H2,23,25,27). The Morgan fingerprint density at radius 2 is 1.89 bits per heavy atom. The number of benzene rings is 2. The molecule has 0 aliphatic carbocycles. The van der Waals surface area contributed by atoms with Crippen molar-refractivity contribution < 1.29 is 4.79 Å². The molecule has 2 aromatic heterocycles. The van der Waals surface area contributed by atoms with Crippen LogP contribution >= 0.6 is 11.6 Å². The Labute approximate surface area is 161 Å². The maximum absolute atomic E-state index is 12.3. The van der Waals surface area contributed by atoms with Crippen LogP contribution in [0.25, 0.3) is 16.9 Å². The van der Waals surface area contributed by atoms with Gasteiger partial charge >= 0.3 is 6.03 Å². The Hall–Kier alpha value is -3.31. The number of hydrogen-bond acceptors (Lipinski definition) is 2. The van der Waals surface area contributed by atoms with E-state index >= 15 is 0 Å². The van der Waals surface area contributed by atoms with Gasteiger partial charge in [0, 0.05) is 34.4 Å². The molecule has 0 radical (unpaired) electrons. The molecule has 0 aliphatic heterocycles. The molecule has 2 heterocycles. The third-order valence-electron chi connectivity index (χ3n) is 4.30. The molecular weight excluding hydrogens is 360 g/mol. The number of carbonyl (C=O) groups excluding carboxylic acids is 1. The first-order chi connectivity index (χ1) is 13.1. The highest BCUT2D eigenvalue weighted by atomic mass is 35.5. The summed E-state index contributed by atoms with van der Waals surface area (Å²) in [6.07, 6.45) is 3.92. The predicted molar refractivity (Wildman–Crippen MR) is 109 cm³/mol. The maximum Gasteiger partial charge on any atom is 0.323 e. The average molecular weight is 377 g/mol. The Morgan fingerprint density at radius 1 is 1.04 bits per heavy atom. The first-order valence-corrected chi connectivity index (χ1v) is 8.85. The third-order valence-corrected chi connectivity index (χ3v) is 4.71. The van der Waals surface area contributed by atoms with E-state index in [0.29, 0.717) is 16.4 Å². The van der Waals surface area contributed by atoms with Gasteiger partial charge in [0.15, 0.2) is 0 Å². The summed E-state index contributed by atoms with van der Waals surface area (Å²) in [4.78, 5) is 17.0. The number of pyridine rings is 1. The van der Waals surface area contributed by atoms with Crippen molar-refractivity contribution in [3.63, 3.8) is 0 Å². The van der Waals surface area contributed by atoms with Crippen molar-refractivity contribution in [2.24, 2.45) is 0 Å². The summed E-state index contributed by atoms with van der Waals surface area (Å²) in [6, 6.07) is 18.5. The number of amides is 2. The van der Waals surface area contributed by atoms with E-state index in [-0.39, 0.29) is 6.03 Å². The first-order valence-electron chi connectivity index (χ1n) is 8.47. The van der Waals surface area contributed by atoms with Gasteiger partial charge in [0.25, 0.3) is 0 Å². The van der Waals surface area contributed by atoms with Gasteiger partial charge in [-0.05, 0) is 48.9 Å². The summed E-state index contributed by atoms with van der Waals surface area (Å²) < 4.78 is 1.96. The van der Waals surface area contributed by atoms with Crippen molar-refractivity contribution in [3.05, 3.63) is 83.6 Å². The largest absolute Gasteiger partial charge is 0.323 e. The molecule has 27 heavy (non-hydrogen) atoms. The summed E-state index contributed by atoms with van der Waals surface area (Å²) in [6.45, 7) is 1.86. The highest BCUT2D eigenvalue weighted by molar-refractivity contribution is 6.31. The summed E-state index contributed by atoms with van der Waals surface area (Å²) in [5.74, 6) is 0. The van der Waals surface area contributed by atoms with Gasteiger partial charge in [-0.1, -0.05) is 35.9 Å². The van der Waals surface area contributed by atoms with Crippen LogP contribution in [-0.4, -0.2) is 15.4 Å². The van der Waals surface area contributed by atoms with Gasteiger partial charge in [-0.3, -0.25) is 0 Å². The second kappa shape index (κ2) is 7.13. The molecule has 0 aliphatic rings. The van der Waals surface area contributed by atoms with Crippen LogP contribution in [0, 0.1) is 6.92 Å². The van der Waals surface area contributed by atoms with Crippen molar-refractivity contribution in [1.82, 2.24) is 9.38 Å². The molecular formula is C21H17ClN4O. The maximum atomic E-state index is 12.3. The van der Waals surface area contributed by atoms with E-state index in [2.05, 4.69) is 15.6 Å². The Morgan fingerprint density at radius 3 is 2.74 bits per heavy atom. The molecule has 2 aromatic carbocycles. The van der Waals surface area contributed by atoms with Crippen molar-refractivity contribution in [3.8, 4) is 11.3 Å². The quantitative estimate of drug-likeness (QED) is 0.488. The van der Waals surface area contributed by atoms with E-state index in [0.717, 1.165) is 22.5 Å². The zero-order valence-corrected chi connectivity index (χ0v) is 15.4. The number of halogens is 1. The number of anilines is 2. The monoisotopic (exact) mass is 376 g/mol. The van der Waals surface area contributed by atoms with E-state index in [1.165, 1.54) is 0 Å². The van der Waals surface area contributed by atoms with Crippen molar-refractivity contribution in [2.75, 3.05) is 10.6 Å². The summed E-state index contributed by atoms with van der Waals surface area (Å²) >= 11 is 6.10. The molecule has 6 heteroatoms. The second-order valence-corrected chi connectivity index (χ2v) is 6.57. The number of imidazole rings is 1. The lowest BCUT2D eigenvalue weighted by atomic mass is 10.1. The lowest BCUT2D eigenvalue weighted by molar-refractivity contribution is 0.262. The van der Waals surface area contributed by atoms with Crippen LogP contribution in [0.5, 0.6) is 0 Å². The lowest BCUT2D eigenvalue weighted by Gasteiger charge is -2.11. The molecule has 4 aromatic rings. The summed E-state index contributed by atoms with van der Waals surface area (Å²) in [5, 5.41) is 6.29. The molecule has 0 saturated carbocycles. The van der Waals surface area contributed by atoms with Crippen LogP contribution in [0.4, 0.5) is 16.2 Å². The van der Waals surface area contributed by atoms with Crippen molar-refractivity contribution in [1.29, 1.82) is 0 Å². The zero-order valence-electron chi connectivity index (χ0n) is 14.6. The molecule has 0 bridgehead atoms. The second-order valence-electron chi connectivity index (χ2n) is 6.16. The minimum absolute atomic E-state index is 0.326. The SMILES string of the molecule is Cc1c(Cl)cccc1NC(=O)Nc1cccc(-c2cn3ccccc3n2)c1. The molecule has 0 saturated heterocycles. The topological polar surface area (TPSA) is 58.4 Å². The van der Waals surface area contributed by atoms with Crippen LogP contribution in [-0.2, 0) is 0 Å². The fraction of sp³-hybridized carbons (Fsp3) is 0.0476. The Bertz CT molecular complexity index is 1100. The van der Waals surface area contributed by atoms with Crippen molar-refractivity contribution in [2.45, 2.75) is 6.92 Å². The van der Waals surface area contributed by atoms with Gasteiger partial charge in [0.1, 0.15) is 5.65 Å². The highest BCUT2D eigenvalue weighted by Crippen LogP contribution is 2.24. The zero-order chi connectivity index (χ0) is 18.8.